The quantitative estimate of drug-likeness (QED) is 0.0912. The van der Waals surface area contributed by atoms with Gasteiger partial charge in [0.1, 0.15) is 32.9 Å². The Hall–Kier alpha value is -6.61. The van der Waals surface area contributed by atoms with Crippen LogP contribution in [-0.4, -0.2) is 102 Å². The van der Waals surface area contributed by atoms with Gasteiger partial charge in [-0.15, -0.1) is 10.2 Å². The molecule has 0 fully saturated rings. The second-order valence-electron chi connectivity index (χ2n) is 15.8. The molecule has 0 saturated carbocycles. The molecule has 20 heteroatoms. The number of pyridine rings is 1. The standard InChI is InChI=1S/C44H51N9O9S2/c1-29(53(43(54)55)44(2,3)4)24-47-63(56,57)38-22-21-37(33-14-23-39(45)46-25-33)40(42-48-50-52(49-42)28-32-12-19-36(62-7)20-13-32)41(38)64(58,59)51(26-30-8-15-34(60-5)16-9-30)27-31-10-17-35(61-6)18-11-31/h8-23,25,29,47H,24,26-28H2,1-7H3,(H2,45,46)(H,54,55)/t29-/m1/s1. The van der Waals surface area contributed by atoms with Crippen LogP contribution in [0.3, 0.4) is 0 Å². The van der Waals surface area contributed by atoms with Gasteiger partial charge < -0.3 is 25.1 Å². The molecular weight excluding hydrogens is 863 g/mol. The molecule has 0 aliphatic rings. The van der Waals surface area contributed by atoms with Gasteiger partial charge in [0.05, 0.1) is 33.4 Å². The van der Waals surface area contributed by atoms with Gasteiger partial charge in [0.25, 0.3) is 0 Å². The van der Waals surface area contributed by atoms with Crippen molar-refractivity contribution in [2.75, 3.05) is 33.6 Å². The number of carbonyl (C=O) groups is 1. The van der Waals surface area contributed by atoms with E-state index in [1.54, 1.807) is 102 Å². The molecule has 6 rings (SSSR count). The minimum absolute atomic E-state index is 0.115. The molecule has 1 atom stereocenters. The lowest BCUT2D eigenvalue weighted by Gasteiger charge is -2.38. The van der Waals surface area contributed by atoms with Gasteiger partial charge in [-0.3, -0.25) is 4.90 Å². The smallest absolute Gasteiger partial charge is 0.408 e. The van der Waals surface area contributed by atoms with Crippen molar-refractivity contribution < 1.29 is 40.9 Å². The number of benzene rings is 4. The van der Waals surface area contributed by atoms with Crippen LogP contribution >= 0.6 is 0 Å². The monoisotopic (exact) mass is 913 g/mol. The summed E-state index contributed by atoms with van der Waals surface area (Å²) in [6.07, 6.45) is 0.169. The number of hydrogen-bond acceptors (Lipinski definition) is 13. The first-order valence-electron chi connectivity index (χ1n) is 19.9. The predicted octanol–water partition coefficient (Wildman–Crippen LogP) is 5.89. The summed E-state index contributed by atoms with van der Waals surface area (Å²) < 4.78 is 81.0. The molecule has 338 valence electrons. The van der Waals surface area contributed by atoms with Gasteiger partial charge in [-0.1, -0.05) is 42.5 Å². The number of tetrazole rings is 1. The van der Waals surface area contributed by atoms with Crippen LogP contribution in [0.4, 0.5) is 10.6 Å². The molecule has 4 aromatic carbocycles. The summed E-state index contributed by atoms with van der Waals surface area (Å²) in [7, 11) is -5.15. The largest absolute Gasteiger partial charge is 0.497 e. The van der Waals surface area contributed by atoms with Gasteiger partial charge in [-0.25, -0.2) is 31.3 Å². The number of anilines is 1. The van der Waals surface area contributed by atoms with E-state index in [1.165, 1.54) is 43.4 Å². The lowest BCUT2D eigenvalue weighted by Crippen LogP contribution is -2.53. The molecule has 0 spiro atoms. The van der Waals surface area contributed by atoms with Gasteiger partial charge in [0.15, 0.2) is 0 Å². The Morgan fingerprint density at radius 1 is 0.797 bits per heavy atom. The van der Waals surface area contributed by atoms with E-state index >= 15 is 8.42 Å². The summed E-state index contributed by atoms with van der Waals surface area (Å²) >= 11 is 0. The molecule has 0 bridgehead atoms. The Balaban J connectivity index is 1.61. The average molecular weight is 914 g/mol. The molecule has 6 aromatic rings. The van der Waals surface area contributed by atoms with Crippen molar-refractivity contribution in [2.45, 2.75) is 68.7 Å². The summed E-state index contributed by atoms with van der Waals surface area (Å²) in [6.45, 7) is 5.89. The molecule has 4 N–H and O–H groups in total. The first-order valence-corrected chi connectivity index (χ1v) is 22.8. The molecule has 0 aliphatic heterocycles. The Bertz CT molecular complexity index is 2730. The topological polar surface area (TPSA) is 234 Å². The number of rotatable bonds is 18. The molecule has 18 nitrogen and oxygen atoms in total. The fraction of sp³-hybridized carbons (Fsp3) is 0.295. The Morgan fingerprint density at radius 3 is 1.80 bits per heavy atom. The van der Waals surface area contributed by atoms with E-state index < -0.39 is 54.1 Å². The lowest BCUT2D eigenvalue weighted by atomic mass is 10.0. The molecule has 2 aromatic heterocycles. The number of ether oxygens (including phenoxy) is 3. The van der Waals surface area contributed by atoms with Crippen LogP contribution in [0.2, 0.25) is 0 Å². The van der Waals surface area contributed by atoms with Crippen molar-refractivity contribution in [2.24, 2.45) is 0 Å². The number of carboxylic acid groups (broad SMARTS) is 1. The second-order valence-corrected chi connectivity index (χ2v) is 19.4. The zero-order chi connectivity index (χ0) is 46.4. The summed E-state index contributed by atoms with van der Waals surface area (Å²) in [4.78, 5) is 17.7. The number of aromatic nitrogens is 5. The normalized spacial score (nSPS) is 12.5. The third-order valence-electron chi connectivity index (χ3n) is 10.2. The van der Waals surface area contributed by atoms with Gasteiger partial charge in [-0.2, -0.15) is 9.10 Å². The number of nitrogens with two attached hydrogens (primary N) is 1. The summed E-state index contributed by atoms with van der Waals surface area (Å²) in [5, 5.41) is 23.4. The Morgan fingerprint density at radius 2 is 1.33 bits per heavy atom. The fourth-order valence-corrected chi connectivity index (χ4v) is 10.7. The maximum Gasteiger partial charge on any atom is 0.408 e. The zero-order valence-electron chi connectivity index (χ0n) is 36.5. The Kier molecular flexibility index (Phi) is 14.2. The average Bonchev–Trinajstić information content (AvgIpc) is 3.73. The summed E-state index contributed by atoms with van der Waals surface area (Å²) in [6, 6.07) is 25.7. The van der Waals surface area contributed by atoms with Crippen LogP contribution in [0, 0.1) is 0 Å². The minimum Gasteiger partial charge on any atom is -0.497 e. The van der Waals surface area contributed by atoms with E-state index in [0.29, 0.717) is 33.9 Å². The SMILES string of the molecule is COc1ccc(CN(Cc2ccc(OC)cc2)S(=O)(=O)c2c(S(=O)(=O)NC[C@@H](C)N(C(=O)O)C(C)(C)C)ccc(-c3ccc(N)nc3)c2-c2nnn(Cc3ccc(OC)cc3)n2)cc1. The maximum atomic E-state index is 15.9. The maximum absolute atomic E-state index is 15.9. The van der Waals surface area contributed by atoms with E-state index in [0.717, 1.165) is 14.8 Å². The third-order valence-corrected chi connectivity index (χ3v) is 13.7. The van der Waals surface area contributed by atoms with Gasteiger partial charge in [0.2, 0.25) is 25.9 Å². The molecule has 1 amide bonds. The van der Waals surface area contributed by atoms with Gasteiger partial charge in [-0.05, 0) is 110 Å². The van der Waals surface area contributed by atoms with E-state index in [2.05, 4.69) is 25.1 Å². The third kappa shape index (κ3) is 10.8. The van der Waals surface area contributed by atoms with Crippen LogP contribution in [0.25, 0.3) is 22.5 Å². The lowest BCUT2D eigenvalue weighted by molar-refractivity contribution is 0.0767. The second kappa shape index (κ2) is 19.4. The highest BCUT2D eigenvalue weighted by molar-refractivity contribution is 7.92. The summed E-state index contributed by atoms with van der Waals surface area (Å²) in [5.74, 6) is 1.71. The van der Waals surface area contributed by atoms with Crippen molar-refractivity contribution >= 4 is 32.0 Å². The molecule has 0 unspecified atom stereocenters. The van der Waals surface area contributed by atoms with E-state index in [4.69, 9.17) is 19.9 Å². The van der Waals surface area contributed by atoms with Crippen LogP contribution in [0.15, 0.2) is 113 Å². The zero-order valence-corrected chi connectivity index (χ0v) is 38.1. The molecule has 0 radical (unpaired) electrons. The minimum atomic E-state index is -4.94. The summed E-state index contributed by atoms with van der Waals surface area (Å²) in [5.41, 5.74) is 7.37. The first kappa shape index (κ1) is 46.9. The number of methoxy groups -OCH3 is 3. The predicted molar refractivity (Wildman–Crippen MR) is 240 cm³/mol. The number of nitrogens with one attached hydrogen (secondary N) is 1. The molecular formula is C44H51N9O9S2. The van der Waals surface area contributed by atoms with Crippen LogP contribution < -0.4 is 24.7 Å². The van der Waals surface area contributed by atoms with E-state index in [9.17, 15) is 18.3 Å². The highest BCUT2D eigenvalue weighted by Crippen LogP contribution is 2.41. The molecule has 0 saturated heterocycles. The van der Waals surface area contributed by atoms with Gasteiger partial charge >= 0.3 is 6.09 Å². The van der Waals surface area contributed by atoms with Crippen LogP contribution in [0.5, 0.6) is 17.2 Å². The Labute approximate surface area is 372 Å². The first-order chi connectivity index (χ1) is 30.3. The van der Waals surface area contributed by atoms with Crippen molar-refractivity contribution in [3.63, 3.8) is 0 Å². The number of sulfonamides is 2. The van der Waals surface area contributed by atoms with Crippen LogP contribution in [0.1, 0.15) is 44.4 Å². The number of hydrogen-bond donors (Lipinski definition) is 3. The van der Waals surface area contributed by atoms with Crippen molar-refractivity contribution in [3.8, 4) is 39.8 Å². The van der Waals surface area contributed by atoms with Crippen LogP contribution in [-0.2, 0) is 39.7 Å². The molecule has 2 heterocycles. The molecule has 0 aliphatic carbocycles. The highest BCUT2D eigenvalue weighted by atomic mass is 32.2. The fourth-order valence-electron chi connectivity index (χ4n) is 7.12. The number of nitrogen functional groups attached to an aromatic ring is 1. The number of amides is 1. The van der Waals surface area contributed by atoms with Crippen molar-refractivity contribution in [1.29, 1.82) is 0 Å². The van der Waals surface area contributed by atoms with Gasteiger partial charge in [0, 0.05) is 43.0 Å². The van der Waals surface area contributed by atoms with Crippen molar-refractivity contribution in [1.82, 2.24) is 39.1 Å². The molecule has 64 heavy (non-hydrogen) atoms. The van der Waals surface area contributed by atoms with Crippen molar-refractivity contribution in [3.05, 3.63) is 120 Å². The van der Waals surface area contributed by atoms with E-state index in [-0.39, 0.29) is 42.4 Å². The number of nitrogens with zero attached hydrogens (tertiary/aromatic N) is 7. The highest BCUT2D eigenvalue weighted by Gasteiger charge is 2.39. The van der Waals surface area contributed by atoms with E-state index in [1.807, 2.05) is 12.1 Å².